The van der Waals surface area contributed by atoms with Crippen LogP contribution in [-0.4, -0.2) is 26.0 Å². The normalized spacial score (nSPS) is 10.5. The van der Waals surface area contributed by atoms with E-state index >= 15 is 0 Å². The molecule has 0 fully saturated rings. The molecule has 0 aliphatic carbocycles. The molecule has 0 radical (unpaired) electrons. The molecule has 6 heteroatoms. The molecule has 2 amide bonds. The van der Waals surface area contributed by atoms with Gasteiger partial charge in [-0.05, 0) is 30.2 Å². The molecule has 0 aromatic heterocycles. The van der Waals surface area contributed by atoms with Crippen LogP contribution in [0, 0.1) is 0 Å². The Hall–Kier alpha value is -2.24. The molecule has 110 valence electrons. The summed E-state index contributed by atoms with van der Waals surface area (Å²) in [5.41, 5.74) is 7.81. The lowest BCUT2D eigenvalue weighted by Gasteiger charge is -2.11. The number of primary amides is 1. The summed E-state index contributed by atoms with van der Waals surface area (Å²) >= 11 is 0. The van der Waals surface area contributed by atoms with E-state index in [0.29, 0.717) is 18.1 Å². The second kappa shape index (κ2) is 8.79. The van der Waals surface area contributed by atoms with Gasteiger partial charge in [0.1, 0.15) is 0 Å². The minimum absolute atomic E-state index is 0.629. The fourth-order valence-electron chi connectivity index (χ4n) is 1.59. The molecule has 0 spiro atoms. The predicted octanol–water partition coefficient (Wildman–Crippen LogP) is 2.27. The molecule has 0 heterocycles. The van der Waals surface area contributed by atoms with Gasteiger partial charge in [-0.15, -0.1) is 0 Å². The van der Waals surface area contributed by atoms with Crippen LogP contribution < -0.4 is 20.6 Å². The van der Waals surface area contributed by atoms with Gasteiger partial charge in [0.25, 0.3) is 0 Å². The van der Waals surface area contributed by atoms with Crippen molar-refractivity contribution >= 4 is 12.2 Å². The van der Waals surface area contributed by atoms with Crippen LogP contribution in [0.4, 0.5) is 4.79 Å². The molecule has 20 heavy (non-hydrogen) atoms. The second-order valence-corrected chi connectivity index (χ2v) is 4.20. The third kappa shape index (κ3) is 5.60. The maximum Gasteiger partial charge on any atom is 0.332 e. The summed E-state index contributed by atoms with van der Waals surface area (Å²) in [5.74, 6) is 1.33. The van der Waals surface area contributed by atoms with Crippen molar-refractivity contribution in [3.05, 3.63) is 23.8 Å². The van der Waals surface area contributed by atoms with Crippen molar-refractivity contribution in [1.82, 2.24) is 5.43 Å². The molecule has 3 N–H and O–H groups in total. The lowest BCUT2D eigenvalue weighted by Crippen LogP contribution is -2.24. The molecule has 1 aromatic rings. The van der Waals surface area contributed by atoms with Crippen molar-refractivity contribution in [2.45, 2.75) is 26.2 Å². The number of urea groups is 1. The average Bonchev–Trinajstić information content (AvgIpc) is 2.44. The van der Waals surface area contributed by atoms with E-state index in [1.807, 2.05) is 12.1 Å². The highest BCUT2D eigenvalue weighted by atomic mass is 16.5. The number of amides is 2. The van der Waals surface area contributed by atoms with E-state index < -0.39 is 6.03 Å². The summed E-state index contributed by atoms with van der Waals surface area (Å²) in [6.45, 7) is 2.82. The summed E-state index contributed by atoms with van der Waals surface area (Å²) in [6.07, 6.45) is 4.80. The van der Waals surface area contributed by atoms with E-state index in [-0.39, 0.29) is 0 Å². The maximum atomic E-state index is 10.5. The molecule has 6 nitrogen and oxygen atoms in total. The van der Waals surface area contributed by atoms with Crippen molar-refractivity contribution in [3.63, 3.8) is 0 Å². The molecule has 0 aliphatic rings. The number of unbranched alkanes of at least 4 members (excludes halogenated alkanes) is 2. The van der Waals surface area contributed by atoms with Crippen LogP contribution in [0.25, 0.3) is 0 Å². The quantitative estimate of drug-likeness (QED) is 0.435. The summed E-state index contributed by atoms with van der Waals surface area (Å²) in [7, 11) is 1.58. The van der Waals surface area contributed by atoms with Gasteiger partial charge in [-0.3, -0.25) is 0 Å². The van der Waals surface area contributed by atoms with E-state index in [1.165, 1.54) is 6.21 Å². The molecule has 0 unspecified atom stereocenters. The van der Waals surface area contributed by atoms with Gasteiger partial charge in [-0.2, -0.15) is 5.10 Å². The monoisotopic (exact) mass is 279 g/mol. The summed E-state index contributed by atoms with van der Waals surface area (Å²) in [4.78, 5) is 10.5. The van der Waals surface area contributed by atoms with Crippen molar-refractivity contribution in [2.24, 2.45) is 10.8 Å². The number of hydrogen-bond acceptors (Lipinski definition) is 4. The number of rotatable bonds is 8. The number of ether oxygens (including phenoxy) is 2. The number of hydrogen-bond donors (Lipinski definition) is 2. The largest absolute Gasteiger partial charge is 0.493 e. The molecule has 0 saturated carbocycles. The number of carbonyl (C=O) groups excluding carboxylic acids is 1. The number of nitrogens with two attached hydrogens (primary N) is 1. The van der Waals surface area contributed by atoms with Crippen molar-refractivity contribution in [3.8, 4) is 11.5 Å². The van der Waals surface area contributed by atoms with Crippen molar-refractivity contribution < 1.29 is 14.3 Å². The Balaban J connectivity index is 2.64. The van der Waals surface area contributed by atoms with Crippen molar-refractivity contribution in [2.75, 3.05) is 13.7 Å². The third-order valence-corrected chi connectivity index (χ3v) is 2.58. The molecule has 0 aliphatic heterocycles. The van der Waals surface area contributed by atoms with Gasteiger partial charge in [-0.1, -0.05) is 19.8 Å². The highest BCUT2D eigenvalue weighted by Gasteiger charge is 2.04. The molecule has 0 atom stereocenters. The Bertz CT molecular complexity index is 461. The average molecular weight is 279 g/mol. The first-order chi connectivity index (χ1) is 9.67. The second-order valence-electron chi connectivity index (χ2n) is 4.20. The SMILES string of the molecule is CCCCCOc1ccc(/C=N/NC(N)=O)cc1OC. The van der Waals surface area contributed by atoms with Gasteiger partial charge in [0.2, 0.25) is 0 Å². The number of benzene rings is 1. The zero-order valence-corrected chi connectivity index (χ0v) is 11.9. The number of methoxy groups -OCH3 is 1. The number of hydrazone groups is 1. The molecule has 1 rings (SSSR count). The zero-order chi connectivity index (χ0) is 14.8. The van der Waals surface area contributed by atoms with E-state index in [1.54, 1.807) is 13.2 Å². The standard InChI is InChI=1S/C14H21N3O3/c1-3-4-5-8-20-12-7-6-11(9-13(12)19-2)10-16-17-14(15)18/h6-7,9-10H,3-5,8H2,1-2H3,(H3,15,17,18)/b16-10+. The first kappa shape index (κ1) is 15.8. The molecular formula is C14H21N3O3. The number of nitrogens with zero attached hydrogens (tertiary/aromatic N) is 1. The lowest BCUT2D eigenvalue weighted by atomic mass is 10.2. The summed E-state index contributed by atoms with van der Waals surface area (Å²) in [5, 5.41) is 3.69. The van der Waals surface area contributed by atoms with E-state index in [4.69, 9.17) is 15.2 Å². The Morgan fingerprint density at radius 3 is 2.85 bits per heavy atom. The van der Waals surface area contributed by atoms with Gasteiger partial charge in [0, 0.05) is 0 Å². The van der Waals surface area contributed by atoms with Gasteiger partial charge < -0.3 is 15.2 Å². The molecule has 0 bridgehead atoms. The smallest absolute Gasteiger partial charge is 0.332 e. The van der Waals surface area contributed by atoms with Crippen LogP contribution in [0.5, 0.6) is 11.5 Å². The van der Waals surface area contributed by atoms with Crippen LogP contribution in [0.1, 0.15) is 31.7 Å². The minimum atomic E-state index is -0.705. The van der Waals surface area contributed by atoms with Gasteiger partial charge in [0.15, 0.2) is 11.5 Å². The Morgan fingerprint density at radius 2 is 2.20 bits per heavy atom. The highest BCUT2D eigenvalue weighted by molar-refractivity contribution is 5.82. The van der Waals surface area contributed by atoms with Crippen LogP contribution in [-0.2, 0) is 0 Å². The molecule has 1 aromatic carbocycles. The Kier molecular flexibility index (Phi) is 6.95. The van der Waals surface area contributed by atoms with E-state index in [0.717, 1.165) is 24.8 Å². The highest BCUT2D eigenvalue weighted by Crippen LogP contribution is 2.27. The molecule has 0 saturated heterocycles. The van der Waals surface area contributed by atoms with Gasteiger partial charge in [0.05, 0.1) is 19.9 Å². The third-order valence-electron chi connectivity index (χ3n) is 2.58. The van der Waals surface area contributed by atoms with Crippen LogP contribution >= 0.6 is 0 Å². The Morgan fingerprint density at radius 1 is 1.40 bits per heavy atom. The summed E-state index contributed by atoms with van der Waals surface area (Å²) < 4.78 is 10.9. The van der Waals surface area contributed by atoms with E-state index in [9.17, 15) is 4.79 Å². The number of carbonyl (C=O) groups is 1. The summed E-state index contributed by atoms with van der Waals surface area (Å²) in [6, 6.07) is 4.71. The lowest BCUT2D eigenvalue weighted by molar-refractivity contribution is 0.249. The van der Waals surface area contributed by atoms with Gasteiger partial charge in [-0.25, -0.2) is 10.2 Å². The first-order valence-electron chi connectivity index (χ1n) is 6.56. The Labute approximate surface area is 118 Å². The first-order valence-corrected chi connectivity index (χ1v) is 6.56. The van der Waals surface area contributed by atoms with Gasteiger partial charge >= 0.3 is 6.03 Å². The zero-order valence-electron chi connectivity index (χ0n) is 11.9. The number of nitrogens with one attached hydrogen (secondary N) is 1. The van der Waals surface area contributed by atoms with Crippen LogP contribution in [0.3, 0.4) is 0 Å². The fourth-order valence-corrected chi connectivity index (χ4v) is 1.59. The predicted molar refractivity (Wildman–Crippen MR) is 78.3 cm³/mol. The fraction of sp³-hybridized carbons (Fsp3) is 0.429. The minimum Gasteiger partial charge on any atom is -0.493 e. The maximum absolute atomic E-state index is 10.5. The van der Waals surface area contributed by atoms with E-state index in [2.05, 4.69) is 17.5 Å². The van der Waals surface area contributed by atoms with Crippen LogP contribution in [0.15, 0.2) is 23.3 Å². The van der Waals surface area contributed by atoms with Crippen LogP contribution in [0.2, 0.25) is 0 Å². The topological polar surface area (TPSA) is 85.9 Å². The molecular weight excluding hydrogens is 258 g/mol. The van der Waals surface area contributed by atoms with Crippen molar-refractivity contribution in [1.29, 1.82) is 0 Å².